The number of hydrogen-bond donors (Lipinski definition) is 0. The predicted molar refractivity (Wildman–Crippen MR) is 65.9 cm³/mol. The molecule has 1 aliphatic rings. The van der Waals surface area contributed by atoms with Gasteiger partial charge in [-0.2, -0.15) is 0 Å². The Labute approximate surface area is 101 Å². The number of anilines is 1. The lowest BCUT2D eigenvalue weighted by molar-refractivity contribution is 0.395. The normalized spacial score (nSPS) is 21.3. The third kappa shape index (κ3) is 2.62. The number of halogens is 1. The molecular weight excluding hydrogens is 224 g/mol. The van der Waals surface area contributed by atoms with Crippen LogP contribution in [0.5, 0.6) is 0 Å². The van der Waals surface area contributed by atoms with Crippen molar-refractivity contribution in [3.8, 4) is 0 Å². The number of aromatic nitrogens is 2. The van der Waals surface area contributed by atoms with E-state index in [-0.39, 0.29) is 0 Å². The van der Waals surface area contributed by atoms with Crippen LogP contribution in [0.2, 0.25) is 5.15 Å². The maximum atomic E-state index is 6.01. The van der Waals surface area contributed by atoms with Gasteiger partial charge in [-0.25, -0.2) is 9.97 Å². The summed E-state index contributed by atoms with van der Waals surface area (Å²) in [4.78, 5) is 12.8. The summed E-state index contributed by atoms with van der Waals surface area (Å²) < 4.78 is 0. The van der Waals surface area contributed by atoms with Crippen LogP contribution >= 0.6 is 11.6 Å². The van der Waals surface area contributed by atoms with Gasteiger partial charge in [0.1, 0.15) is 0 Å². The van der Waals surface area contributed by atoms with E-state index in [4.69, 9.17) is 11.6 Å². The van der Waals surface area contributed by atoms with Gasteiger partial charge in [-0.15, -0.1) is 0 Å². The molecule has 0 N–H and O–H groups in total. The standard InChI is InChI=1S/C11H17ClN4/c1-15-6-3-9(7-15)8-16(2)11-10(12)13-4-5-14-11/h4-5,9H,3,6-8H2,1-2H3. The fourth-order valence-electron chi connectivity index (χ4n) is 2.22. The Balaban J connectivity index is 1.98. The summed E-state index contributed by atoms with van der Waals surface area (Å²) in [5, 5.41) is 0.483. The molecule has 0 radical (unpaired) electrons. The number of nitrogens with zero attached hydrogens (tertiary/aromatic N) is 4. The van der Waals surface area contributed by atoms with Crippen molar-refractivity contribution in [2.24, 2.45) is 5.92 Å². The molecule has 4 nitrogen and oxygen atoms in total. The van der Waals surface area contributed by atoms with Crippen molar-refractivity contribution < 1.29 is 0 Å². The summed E-state index contributed by atoms with van der Waals surface area (Å²) in [5.41, 5.74) is 0. The molecule has 0 amide bonds. The van der Waals surface area contributed by atoms with E-state index in [9.17, 15) is 0 Å². The fourth-order valence-corrected chi connectivity index (χ4v) is 2.47. The molecule has 1 saturated heterocycles. The molecule has 0 aromatic carbocycles. The topological polar surface area (TPSA) is 32.3 Å². The molecule has 1 atom stereocenters. The second kappa shape index (κ2) is 4.97. The summed E-state index contributed by atoms with van der Waals surface area (Å²) in [6, 6.07) is 0. The summed E-state index contributed by atoms with van der Waals surface area (Å²) in [7, 11) is 4.18. The molecule has 0 saturated carbocycles. The van der Waals surface area contributed by atoms with E-state index in [1.807, 2.05) is 7.05 Å². The highest BCUT2D eigenvalue weighted by molar-refractivity contribution is 6.31. The SMILES string of the molecule is CN1CCC(CN(C)c2nccnc2Cl)C1. The highest BCUT2D eigenvalue weighted by Gasteiger charge is 2.21. The first-order chi connectivity index (χ1) is 7.66. The van der Waals surface area contributed by atoms with Gasteiger partial charge in [-0.1, -0.05) is 11.6 Å². The molecule has 2 rings (SSSR count). The maximum absolute atomic E-state index is 6.01. The predicted octanol–water partition coefficient (Wildman–Crippen LogP) is 1.52. The van der Waals surface area contributed by atoms with E-state index in [1.165, 1.54) is 13.0 Å². The first-order valence-electron chi connectivity index (χ1n) is 5.53. The Morgan fingerprint density at radius 1 is 1.50 bits per heavy atom. The molecule has 0 spiro atoms. The van der Waals surface area contributed by atoms with Gasteiger partial charge in [0, 0.05) is 32.5 Å². The van der Waals surface area contributed by atoms with E-state index < -0.39 is 0 Å². The quantitative estimate of drug-likeness (QED) is 0.802. The molecule has 5 heteroatoms. The summed E-state index contributed by atoms with van der Waals surface area (Å²) in [6.45, 7) is 3.33. The van der Waals surface area contributed by atoms with Crippen LogP contribution in [0.1, 0.15) is 6.42 Å². The fraction of sp³-hybridized carbons (Fsp3) is 0.636. The average molecular weight is 241 g/mol. The lowest BCUT2D eigenvalue weighted by Crippen LogP contribution is -2.28. The lowest BCUT2D eigenvalue weighted by Gasteiger charge is -2.22. The first kappa shape index (κ1) is 11.6. The molecular formula is C11H17ClN4. The zero-order valence-electron chi connectivity index (χ0n) is 9.73. The minimum absolute atomic E-state index is 0.483. The minimum Gasteiger partial charge on any atom is -0.357 e. The average Bonchev–Trinajstić information content (AvgIpc) is 2.64. The number of rotatable bonds is 3. The Kier molecular flexibility index (Phi) is 3.61. The van der Waals surface area contributed by atoms with Crippen LogP contribution < -0.4 is 4.90 Å². The summed E-state index contributed by atoms with van der Waals surface area (Å²) >= 11 is 6.01. The van der Waals surface area contributed by atoms with E-state index in [0.29, 0.717) is 11.1 Å². The molecule has 1 aromatic rings. The van der Waals surface area contributed by atoms with E-state index in [2.05, 4.69) is 26.8 Å². The Bertz CT molecular complexity index is 358. The number of likely N-dealkylation sites (tertiary alicyclic amines) is 1. The minimum atomic E-state index is 0.483. The molecule has 0 aliphatic carbocycles. The largest absolute Gasteiger partial charge is 0.357 e. The van der Waals surface area contributed by atoms with E-state index >= 15 is 0 Å². The molecule has 1 unspecified atom stereocenters. The van der Waals surface area contributed by atoms with Gasteiger partial charge in [-0.3, -0.25) is 0 Å². The van der Waals surface area contributed by atoms with Crippen LogP contribution in [-0.2, 0) is 0 Å². The molecule has 2 heterocycles. The van der Waals surface area contributed by atoms with Crippen LogP contribution in [-0.4, -0.2) is 48.6 Å². The van der Waals surface area contributed by atoms with Crippen LogP contribution in [0.15, 0.2) is 12.4 Å². The number of hydrogen-bond acceptors (Lipinski definition) is 4. The van der Waals surface area contributed by atoms with Crippen molar-refractivity contribution in [3.63, 3.8) is 0 Å². The zero-order valence-corrected chi connectivity index (χ0v) is 10.5. The van der Waals surface area contributed by atoms with Gasteiger partial charge >= 0.3 is 0 Å². The molecule has 16 heavy (non-hydrogen) atoms. The van der Waals surface area contributed by atoms with Crippen molar-refractivity contribution in [3.05, 3.63) is 17.5 Å². The van der Waals surface area contributed by atoms with Crippen molar-refractivity contribution in [1.82, 2.24) is 14.9 Å². The molecule has 1 fully saturated rings. The highest BCUT2D eigenvalue weighted by atomic mass is 35.5. The van der Waals surface area contributed by atoms with Gasteiger partial charge in [0.15, 0.2) is 11.0 Å². The first-order valence-corrected chi connectivity index (χ1v) is 5.91. The maximum Gasteiger partial charge on any atom is 0.171 e. The van der Waals surface area contributed by atoms with E-state index in [1.54, 1.807) is 12.4 Å². The smallest absolute Gasteiger partial charge is 0.171 e. The molecule has 1 aliphatic heterocycles. The Morgan fingerprint density at radius 3 is 2.88 bits per heavy atom. The van der Waals surface area contributed by atoms with Crippen LogP contribution in [0.3, 0.4) is 0 Å². The van der Waals surface area contributed by atoms with E-state index in [0.717, 1.165) is 18.9 Å². The van der Waals surface area contributed by atoms with Crippen LogP contribution in [0.25, 0.3) is 0 Å². The molecule has 88 valence electrons. The summed E-state index contributed by atoms with van der Waals surface area (Å²) in [5.74, 6) is 1.48. The van der Waals surface area contributed by atoms with Crippen molar-refractivity contribution >= 4 is 17.4 Å². The zero-order chi connectivity index (χ0) is 11.5. The lowest BCUT2D eigenvalue weighted by atomic mass is 10.1. The van der Waals surface area contributed by atoms with Crippen molar-refractivity contribution in [2.75, 3.05) is 38.6 Å². The third-order valence-electron chi connectivity index (χ3n) is 3.02. The van der Waals surface area contributed by atoms with Gasteiger partial charge in [-0.05, 0) is 25.9 Å². The van der Waals surface area contributed by atoms with Gasteiger partial charge in [0.25, 0.3) is 0 Å². The van der Waals surface area contributed by atoms with Crippen molar-refractivity contribution in [2.45, 2.75) is 6.42 Å². The van der Waals surface area contributed by atoms with Gasteiger partial charge < -0.3 is 9.80 Å². The second-order valence-corrected chi connectivity index (χ2v) is 4.83. The summed E-state index contributed by atoms with van der Waals surface area (Å²) in [6.07, 6.45) is 4.54. The molecule has 0 bridgehead atoms. The van der Waals surface area contributed by atoms with Crippen LogP contribution in [0, 0.1) is 5.92 Å². The Hall–Kier alpha value is -0.870. The van der Waals surface area contributed by atoms with Gasteiger partial charge in [0.05, 0.1) is 0 Å². The molecule has 1 aromatic heterocycles. The highest BCUT2D eigenvalue weighted by Crippen LogP contribution is 2.22. The van der Waals surface area contributed by atoms with Crippen LogP contribution in [0.4, 0.5) is 5.82 Å². The second-order valence-electron chi connectivity index (χ2n) is 4.47. The monoisotopic (exact) mass is 240 g/mol. The van der Waals surface area contributed by atoms with Gasteiger partial charge in [0.2, 0.25) is 0 Å². The third-order valence-corrected chi connectivity index (χ3v) is 3.29. The van der Waals surface area contributed by atoms with Crippen molar-refractivity contribution in [1.29, 1.82) is 0 Å². The Morgan fingerprint density at radius 2 is 2.25 bits per heavy atom.